The molecule has 0 spiro atoms. The molecule has 1 saturated heterocycles. The third-order valence-electron chi connectivity index (χ3n) is 5.19. The summed E-state index contributed by atoms with van der Waals surface area (Å²) >= 11 is 1.30. The lowest BCUT2D eigenvalue weighted by atomic mass is 10.1. The minimum absolute atomic E-state index is 0.00797. The molecule has 8 nitrogen and oxygen atoms in total. The van der Waals surface area contributed by atoms with Gasteiger partial charge in [-0.15, -0.1) is 0 Å². The van der Waals surface area contributed by atoms with E-state index < -0.39 is 5.97 Å². The lowest BCUT2D eigenvalue weighted by Crippen LogP contribution is -2.47. The van der Waals surface area contributed by atoms with Crippen molar-refractivity contribution >= 4 is 44.5 Å². The maximum Gasteiger partial charge on any atom is 0.337 e. The molecule has 1 aliphatic heterocycles. The van der Waals surface area contributed by atoms with Gasteiger partial charge in [0.05, 0.1) is 22.9 Å². The van der Waals surface area contributed by atoms with Crippen molar-refractivity contribution in [2.75, 3.05) is 45.7 Å². The van der Waals surface area contributed by atoms with Crippen LogP contribution in [0.2, 0.25) is 0 Å². The predicted octanol–water partition coefficient (Wildman–Crippen LogP) is 2.72. The van der Waals surface area contributed by atoms with E-state index in [2.05, 4.69) is 15.2 Å². The van der Waals surface area contributed by atoms with Crippen LogP contribution in [0, 0.1) is 0 Å². The second kappa shape index (κ2) is 8.83. The molecule has 0 saturated carbocycles. The van der Waals surface area contributed by atoms with E-state index >= 15 is 0 Å². The van der Waals surface area contributed by atoms with Gasteiger partial charge < -0.3 is 14.5 Å². The number of likely N-dealkylation sites (N-methyl/N-ethyl adjacent to an activating group) is 1. The van der Waals surface area contributed by atoms with Crippen molar-refractivity contribution in [3.8, 4) is 0 Å². The van der Waals surface area contributed by atoms with Crippen molar-refractivity contribution in [1.82, 2.24) is 14.8 Å². The number of fused-ring (bicyclic) bond motifs is 1. The Morgan fingerprint density at radius 1 is 1.00 bits per heavy atom. The number of ether oxygens (including phenoxy) is 1. The molecule has 0 atom stereocenters. The molecule has 1 aliphatic rings. The first-order valence-electron chi connectivity index (χ1n) is 9.83. The topological polar surface area (TPSA) is 91.8 Å². The Morgan fingerprint density at radius 3 is 2.48 bits per heavy atom. The summed E-state index contributed by atoms with van der Waals surface area (Å²) in [7, 11) is 3.34. The van der Waals surface area contributed by atoms with E-state index in [1.165, 1.54) is 24.5 Å². The number of thiazole rings is 1. The fraction of sp³-hybridized carbons (Fsp3) is 0.273. The molecule has 1 aromatic heterocycles. The number of piperazine rings is 1. The zero-order valence-corrected chi connectivity index (χ0v) is 18.1. The standard InChI is InChI=1S/C22H22N4O4S/c1-25-8-10-26(11-9-25)20(28)15-6-7-17-18(13-15)31-22(23-17)24-19(27)14-4-3-5-16(12-14)21(29)30-2/h3-7,12-13H,8-11H2,1-2H3,(H,23,24,27). The number of aromatic nitrogens is 1. The van der Waals surface area contributed by atoms with Crippen molar-refractivity contribution in [3.63, 3.8) is 0 Å². The first kappa shape index (κ1) is 21.0. The van der Waals surface area contributed by atoms with Gasteiger partial charge in [-0.25, -0.2) is 9.78 Å². The summed E-state index contributed by atoms with van der Waals surface area (Å²) in [6, 6.07) is 11.7. The first-order chi connectivity index (χ1) is 14.9. The number of esters is 1. The maximum atomic E-state index is 12.8. The number of methoxy groups -OCH3 is 1. The van der Waals surface area contributed by atoms with Crippen LogP contribution >= 0.6 is 11.3 Å². The average Bonchev–Trinajstić information content (AvgIpc) is 3.20. The van der Waals surface area contributed by atoms with Crippen LogP contribution in [0.25, 0.3) is 10.2 Å². The predicted molar refractivity (Wildman–Crippen MR) is 119 cm³/mol. The van der Waals surface area contributed by atoms with Gasteiger partial charge >= 0.3 is 5.97 Å². The summed E-state index contributed by atoms with van der Waals surface area (Å²) in [6.45, 7) is 3.15. The van der Waals surface area contributed by atoms with Crippen LogP contribution in [0.3, 0.4) is 0 Å². The highest BCUT2D eigenvalue weighted by molar-refractivity contribution is 7.22. The molecule has 4 rings (SSSR count). The SMILES string of the molecule is COC(=O)c1cccc(C(=O)Nc2nc3ccc(C(=O)N4CCN(C)CC4)cc3s2)c1. The van der Waals surface area contributed by atoms with Crippen molar-refractivity contribution < 1.29 is 19.1 Å². The molecule has 160 valence electrons. The second-order valence-electron chi connectivity index (χ2n) is 7.32. The molecule has 2 heterocycles. The number of amides is 2. The Bertz CT molecular complexity index is 1150. The molecular weight excluding hydrogens is 416 g/mol. The fourth-order valence-corrected chi connectivity index (χ4v) is 4.28. The van der Waals surface area contributed by atoms with E-state index in [4.69, 9.17) is 4.74 Å². The normalized spacial score (nSPS) is 14.5. The molecule has 0 radical (unpaired) electrons. The zero-order valence-electron chi connectivity index (χ0n) is 17.3. The van der Waals surface area contributed by atoms with Crippen molar-refractivity contribution in [1.29, 1.82) is 0 Å². The van der Waals surface area contributed by atoms with Crippen LogP contribution in [0.5, 0.6) is 0 Å². The van der Waals surface area contributed by atoms with Gasteiger partial charge in [-0.1, -0.05) is 17.4 Å². The Balaban J connectivity index is 1.50. The van der Waals surface area contributed by atoms with Gasteiger partial charge in [-0.05, 0) is 43.4 Å². The smallest absolute Gasteiger partial charge is 0.337 e. The molecule has 2 amide bonds. The highest BCUT2D eigenvalue weighted by Gasteiger charge is 2.21. The van der Waals surface area contributed by atoms with Crippen LogP contribution in [0.1, 0.15) is 31.1 Å². The van der Waals surface area contributed by atoms with Gasteiger partial charge in [0.15, 0.2) is 5.13 Å². The van der Waals surface area contributed by atoms with Gasteiger partial charge in [0.25, 0.3) is 11.8 Å². The Morgan fingerprint density at radius 2 is 1.74 bits per heavy atom. The van der Waals surface area contributed by atoms with Crippen molar-refractivity contribution in [2.24, 2.45) is 0 Å². The van der Waals surface area contributed by atoms with E-state index in [1.54, 1.807) is 30.3 Å². The van der Waals surface area contributed by atoms with Crippen LogP contribution < -0.4 is 5.32 Å². The number of benzene rings is 2. The monoisotopic (exact) mass is 438 g/mol. The summed E-state index contributed by atoms with van der Waals surface area (Å²) < 4.78 is 5.51. The minimum atomic E-state index is -0.507. The van der Waals surface area contributed by atoms with Gasteiger partial charge in [0, 0.05) is 37.3 Å². The van der Waals surface area contributed by atoms with Crippen molar-refractivity contribution in [2.45, 2.75) is 0 Å². The van der Waals surface area contributed by atoms with E-state index in [9.17, 15) is 14.4 Å². The van der Waals surface area contributed by atoms with E-state index in [0.717, 1.165) is 17.8 Å². The lowest BCUT2D eigenvalue weighted by Gasteiger charge is -2.32. The molecule has 3 aromatic rings. The number of hydrogen-bond acceptors (Lipinski definition) is 7. The van der Waals surface area contributed by atoms with Crippen LogP contribution in [0.15, 0.2) is 42.5 Å². The molecule has 2 aromatic carbocycles. The molecular formula is C22H22N4O4S. The van der Waals surface area contributed by atoms with Crippen LogP contribution in [-0.2, 0) is 4.74 Å². The maximum absolute atomic E-state index is 12.8. The number of nitrogens with one attached hydrogen (secondary N) is 1. The van der Waals surface area contributed by atoms with Gasteiger partial charge in [-0.3, -0.25) is 14.9 Å². The third-order valence-corrected chi connectivity index (χ3v) is 6.13. The molecule has 1 fully saturated rings. The third kappa shape index (κ3) is 4.57. The molecule has 9 heteroatoms. The summed E-state index contributed by atoms with van der Waals surface area (Å²) in [5.74, 6) is -0.876. The average molecular weight is 439 g/mol. The largest absolute Gasteiger partial charge is 0.465 e. The molecule has 0 bridgehead atoms. The number of anilines is 1. The van der Waals surface area contributed by atoms with Crippen LogP contribution in [-0.4, -0.2) is 72.9 Å². The summed E-state index contributed by atoms with van der Waals surface area (Å²) in [6.07, 6.45) is 0. The van der Waals surface area contributed by atoms with E-state index in [0.29, 0.717) is 40.4 Å². The van der Waals surface area contributed by atoms with Gasteiger partial charge in [0.1, 0.15) is 0 Å². The zero-order chi connectivity index (χ0) is 22.0. The molecule has 0 unspecified atom stereocenters. The number of carbonyl (C=O) groups is 3. The number of carbonyl (C=O) groups excluding carboxylic acids is 3. The summed E-state index contributed by atoms with van der Waals surface area (Å²) in [5.41, 5.74) is 1.95. The quantitative estimate of drug-likeness (QED) is 0.630. The fourth-order valence-electron chi connectivity index (χ4n) is 3.38. The summed E-state index contributed by atoms with van der Waals surface area (Å²) in [4.78, 5) is 45.6. The lowest BCUT2D eigenvalue weighted by molar-refractivity contribution is 0.0599. The summed E-state index contributed by atoms with van der Waals surface area (Å²) in [5, 5.41) is 3.19. The van der Waals surface area contributed by atoms with E-state index in [-0.39, 0.29) is 11.8 Å². The molecule has 0 aliphatic carbocycles. The Hall–Kier alpha value is -3.30. The number of rotatable bonds is 4. The molecule has 31 heavy (non-hydrogen) atoms. The highest BCUT2D eigenvalue weighted by Crippen LogP contribution is 2.28. The minimum Gasteiger partial charge on any atom is -0.465 e. The van der Waals surface area contributed by atoms with E-state index in [1.807, 2.05) is 18.0 Å². The van der Waals surface area contributed by atoms with Crippen LogP contribution in [0.4, 0.5) is 5.13 Å². The van der Waals surface area contributed by atoms with Gasteiger partial charge in [-0.2, -0.15) is 0 Å². The second-order valence-corrected chi connectivity index (χ2v) is 8.35. The Labute approximate surface area is 183 Å². The van der Waals surface area contributed by atoms with Gasteiger partial charge in [0.2, 0.25) is 0 Å². The Kier molecular flexibility index (Phi) is 5.97. The highest BCUT2D eigenvalue weighted by atomic mass is 32.1. The first-order valence-corrected chi connectivity index (χ1v) is 10.6. The molecule has 1 N–H and O–H groups in total. The van der Waals surface area contributed by atoms with Crippen molar-refractivity contribution in [3.05, 3.63) is 59.2 Å². The number of nitrogens with zero attached hydrogens (tertiary/aromatic N) is 3. The number of hydrogen-bond donors (Lipinski definition) is 1.